The molecular formula is C10H9ClF2O2. The fraction of sp³-hybridized carbons (Fsp3) is 0.300. The first-order valence-corrected chi connectivity index (χ1v) is 4.68. The average molecular weight is 235 g/mol. The van der Waals surface area contributed by atoms with E-state index in [2.05, 4.69) is 4.74 Å². The Hall–Kier alpha value is -1.16. The zero-order valence-electron chi connectivity index (χ0n) is 7.75. The summed E-state index contributed by atoms with van der Waals surface area (Å²) in [6, 6.07) is 4.29. The normalized spacial score (nSPS) is 10.4. The van der Waals surface area contributed by atoms with Crippen molar-refractivity contribution in [2.75, 3.05) is 0 Å². The Kier molecular flexibility index (Phi) is 4.49. The van der Waals surface area contributed by atoms with E-state index in [1.807, 2.05) is 0 Å². The van der Waals surface area contributed by atoms with Crippen LogP contribution in [-0.2, 0) is 11.2 Å². The first-order valence-electron chi connectivity index (χ1n) is 4.30. The number of hydrogen-bond donors (Lipinski definition) is 0. The standard InChI is InChI=1S/C10H9ClF2O2/c11-9-6-8(15-10(12)13)4-3-7(9)2-1-5-14/h3-6,10H,1-2H2. The summed E-state index contributed by atoms with van der Waals surface area (Å²) >= 11 is 5.81. The van der Waals surface area contributed by atoms with Gasteiger partial charge in [0.25, 0.3) is 0 Å². The summed E-state index contributed by atoms with van der Waals surface area (Å²) < 4.78 is 27.9. The Balaban J connectivity index is 2.73. The van der Waals surface area contributed by atoms with Crippen LogP contribution in [0.5, 0.6) is 5.75 Å². The lowest BCUT2D eigenvalue weighted by atomic mass is 10.1. The highest BCUT2D eigenvalue weighted by Crippen LogP contribution is 2.24. The number of benzene rings is 1. The molecule has 0 aliphatic rings. The molecule has 0 unspecified atom stereocenters. The molecular weight excluding hydrogens is 226 g/mol. The summed E-state index contributed by atoms with van der Waals surface area (Å²) in [5.41, 5.74) is 0.741. The molecule has 5 heteroatoms. The van der Waals surface area contributed by atoms with Crippen LogP contribution >= 0.6 is 11.6 Å². The van der Waals surface area contributed by atoms with Crippen molar-refractivity contribution in [3.8, 4) is 5.75 Å². The van der Waals surface area contributed by atoms with Crippen LogP contribution in [0.2, 0.25) is 5.02 Å². The van der Waals surface area contributed by atoms with Gasteiger partial charge in [-0.1, -0.05) is 17.7 Å². The maximum Gasteiger partial charge on any atom is 0.387 e. The summed E-state index contributed by atoms with van der Waals surface area (Å²) in [6.07, 6.45) is 1.63. The van der Waals surface area contributed by atoms with Crippen molar-refractivity contribution in [2.24, 2.45) is 0 Å². The molecule has 0 fully saturated rings. The van der Waals surface area contributed by atoms with Crippen LogP contribution in [0, 0.1) is 0 Å². The van der Waals surface area contributed by atoms with Gasteiger partial charge in [-0.2, -0.15) is 8.78 Å². The Morgan fingerprint density at radius 3 is 2.73 bits per heavy atom. The lowest BCUT2D eigenvalue weighted by Crippen LogP contribution is -2.02. The Morgan fingerprint density at radius 1 is 1.47 bits per heavy atom. The van der Waals surface area contributed by atoms with Gasteiger partial charge in [0.05, 0.1) is 0 Å². The van der Waals surface area contributed by atoms with Gasteiger partial charge < -0.3 is 9.53 Å². The average Bonchev–Trinajstić information content (AvgIpc) is 2.15. The summed E-state index contributed by atoms with van der Waals surface area (Å²) in [4.78, 5) is 10.1. The summed E-state index contributed by atoms with van der Waals surface area (Å²) in [5.74, 6) is 0.0184. The Morgan fingerprint density at radius 2 is 2.20 bits per heavy atom. The second-order valence-electron chi connectivity index (χ2n) is 2.84. The van der Waals surface area contributed by atoms with E-state index < -0.39 is 6.61 Å². The van der Waals surface area contributed by atoms with Gasteiger partial charge in [0, 0.05) is 11.4 Å². The zero-order valence-corrected chi connectivity index (χ0v) is 8.51. The van der Waals surface area contributed by atoms with Crippen molar-refractivity contribution in [1.29, 1.82) is 0 Å². The van der Waals surface area contributed by atoms with Crippen LogP contribution in [0.25, 0.3) is 0 Å². The predicted molar refractivity (Wildman–Crippen MR) is 52.5 cm³/mol. The Labute approximate surface area is 90.8 Å². The van der Waals surface area contributed by atoms with E-state index >= 15 is 0 Å². The molecule has 0 aromatic heterocycles. The third-order valence-corrected chi connectivity index (χ3v) is 2.13. The molecule has 0 N–H and O–H groups in total. The van der Waals surface area contributed by atoms with Crippen molar-refractivity contribution in [1.82, 2.24) is 0 Å². The molecule has 0 heterocycles. The number of ether oxygens (including phenoxy) is 1. The molecule has 2 nitrogen and oxygen atoms in total. The highest BCUT2D eigenvalue weighted by atomic mass is 35.5. The van der Waals surface area contributed by atoms with Gasteiger partial charge in [0.2, 0.25) is 0 Å². The van der Waals surface area contributed by atoms with Crippen molar-refractivity contribution in [3.05, 3.63) is 28.8 Å². The second kappa shape index (κ2) is 5.66. The van der Waals surface area contributed by atoms with Crippen molar-refractivity contribution in [3.63, 3.8) is 0 Å². The summed E-state index contributed by atoms with van der Waals surface area (Å²) in [5, 5.41) is 0.329. The molecule has 0 saturated carbocycles. The van der Waals surface area contributed by atoms with Gasteiger partial charge in [-0.25, -0.2) is 0 Å². The molecule has 0 saturated heterocycles. The first-order chi connectivity index (χ1) is 7.13. The molecule has 0 aliphatic carbocycles. The minimum atomic E-state index is -2.86. The highest BCUT2D eigenvalue weighted by Gasteiger charge is 2.06. The zero-order chi connectivity index (χ0) is 11.3. The lowest BCUT2D eigenvalue weighted by molar-refractivity contribution is -0.107. The van der Waals surface area contributed by atoms with Crippen molar-refractivity contribution in [2.45, 2.75) is 19.5 Å². The minimum Gasteiger partial charge on any atom is -0.435 e. The molecule has 0 amide bonds. The van der Waals surface area contributed by atoms with Crippen LogP contribution in [-0.4, -0.2) is 12.9 Å². The number of alkyl halides is 2. The number of carbonyl (C=O) groups excluding carboxylic acids is 1. The monoisotopic (exact) mass is 234 g/mol. The number of aryl methyl sites for hydroxylation is 1. The summed E-state index contributed by atoms with van der Waals surface area (Å²) in [7, 11) is 0. The van der Waals surface area contributed by atoms with Gasteiger partial charge >= 0.3 is 6.61 Å². The fourth-order valence-corrected chi connectivity index (χ4v) is 1.39. The van der Waals surface area contributed by atoms with Crippen LogP contribution in [0.15, 0.2) is 18.2 Å². The number of rotatable bonds is 5. The maximum absolute atomic E-state index is 11.8. The second-order valence-corrected chi connectivity index (χ2v) is 3.24. The van der Waals surface area contributed by atoms with Crippen LogP contribution in [0.4, 0.5) is 8.78 Å². The number of hydrogen-bond acceptors (Lipinski definition) is 2. The lowest BCUT2D eigenvalue weighted by Gasteiger charge is -2.07. The van der Waals surface area contributed by atoms with Crippen LogP contribution in [0.3, 0.4) is 0 Å². The van der Waals surface area contributed by atoms with Crippen LogP contribution in [0.1, 0.15) is 12.0 Å². The number of carbonyl (C=O) groups is 1. The topological polar surface area (TPSA) is 26.3 Å². The molecule has 0 radical (unpaired) electrons. The molecule has 1 aromatic rings. The van der Waals surface area contributed by atoms with E-state index in [1.165, 1.54) is 12.1 Å². The van der Waals surface area contributed by atoms with E-state index in [-0.39, 0.29) is 5.75 Å². The SMILES string of the molecule is O=CCCc1ccc(OC(F)F)cc1Cl. The maximum atomic E-state index is 11.8. The first kappa shape index (κ1) is 11.9. The third kappa shape index (κ3) is 3.83. The predicted octanol–water partition coefficient (Wildman–Crippen LogP) is 3.07. The van der Waals surface area contributed by atoms with Crippen LogP contribution < -0.4 is 4.74 Å². The van der Waals surface area contributed by atoms with E-state index in [9.17, 15) is 13.6 Å². The van der Waals surface area contributed by atoms with E-state index in [1.54, 1.807) is 6.07 Å². The van der Waals surface area contributed by atoms with Gasteiger partial charge in [0.1, 0.15) is 12.0 Å². The van der Waals surface area contributed by atoms with Gasteiger partial charge in [-0.15, -0.1) is 0 Å². The van der Waals surface area contributed by atoms with Gasteiger partial charge in [0.15, 0.2) is 0 Å². The largest absolute Gasteiger partial charge is 0.435 e. The molecule has 0 atom stereocenters. The molecule has 0 spiro atoms. The Bertz CT molecular complexity index is 342. The van der Waals surface area contributed by atoms with E-state index in [0.717, 1.165) is 11.8 Å². The van der Waals surface area contributed by atoms with E-state index in [0.29, 0.717) is 17.9 Å². The molecule has 15 heavy (non-hydrogen) atoms. The molecule has 0 bridgehead atoms. The third-order valence-electron chi connectivity index (χ3n) is 1.78. The summed E-state index contributed by atoms with van der Waals surface area (Å²) in [6.45, 7) is -2.86. The van der Waals surface area contributed by atoms with E-state index in [4.69, 9.17) is 11.6 Å². The molecule has 1 rings (SSSR count). The van der Waals surface area contributed by atoms with Gasteiger partial charge in [-0.05, 0) is 24.1 Å². The minimum absolute atomic E-state index is 0.0184. The highest BCUT2D eigenvalue weighted by molar-refractivity contribution is 6.31. The van der Waals surface area contributed by atoms with Gasteiger partial charge in [-0.3, -0.25) is 0 Å². The smallest absolute Gasteiger partial charge is 0.387 e. The fourth-order valence-electron chi connectivity index (χ4n) is 1.12. The van der Waals surface area contributed by atoms with Crippen molar-refractivity contribution >= 4 is 17.9 Å². The molecule has 82 valence electrons. The molecule has 0 aliphatic heterocycles. The number of halogens is 3. The number of aldehydes is 1. The van der Waals surface area contributed by atoms with Crippen molar-refractivity contribution < 1.29 is 18.3 Å². The quantitative estimate of drug-likeness (QED) is 0.732. The molecule has 1 aromatic carbocycles.